The number of nitrogens with one attached hydrogen (secondary N) is 1. The van der Waals surface area contributed by atoms with Crippen LogP contribution in [0.1, 0.15) is 31.9 Å². The van der Waals surface area contributed by atoms with Gasteiger partial charge in [0.15, 0.2) is 0 Å². The third-order valence-electron chi connectivity index (χ3n) is 3.74. The molecule has 0 bridgehead atoms. The van der Waals surface area contributed by atoms with Gasteiger partial charge in [-0.15, -0.1) is 0 Å². The number of ether oxygens (including phenoxy) is 1. The van der Waals surface area contributed by atoms with E-state index in [1.165, 1.54) is 30.2 Å². The van der Waals surface area contributed by atoms with Crippen molar-refractivity contribution in [2.75, 3.05) is 13.7 Å². The van der Waals surface area contributed by atoms with Crippen LogP contribution in [0, 0.1) is 5.82 Å². The Morgan fingerprint density at radius 3 is 2.74 bits per heavy atom. The summed E-state index contributed by atoms with van der Waals surface area (Å²) in [6, 6.07) is 2.81. The summed E-state index contributed by atoms with van der Waals surface area (Å²) in [6.45, 7) is 4.00. The summed E-state index contributed by atoms with van der Waals surface area (Å²) < 4.78 is 19.1. The van der Waals surface area contributed by atoms with Gasteiger partial charge < -0.3 is 10.1 Å². The van der Waals surface area contributed by atoms with Crippen molar-refractivity contribution in [1.29, 1.82) is 0 Å². The minimum absolute atomic E-state index is 0.0541. The maximum Gasteiger partial charge on any atom is 0.337 e. The largest absolute Gasteiger partial charge is 0.466 e. The molecule has 1 aromatic carbocycles. The predicted octanol–water partition coefficient (Wildman–Crippen LogP) is 3.40. The van der Waals surface area contributed by atoms with Crippen LogP contribution in [0.25, 0.3) is 0 Å². The SMILES string of the molecule is CCCN1C(=O)N[C@@H](c2c(F)cccc2Cl)C(C(=O)OC)=C1C. The van der Waals surface area contributed by atoms with Gasteiger partial charge in [-0.25, -0.2) is 14.0 Å². The van der Waals surface area contributed by atoms with Crippen molar-refractivity contribution < 1.29 is 18.7 Å². The Labute approximate surface area is 139 Å². The lowest BCUT2D eigenvalue weighted by atomic mass is 9.94. The summed E-state index contributed by atoms with van der Waals surface area (Å²) in [5.41, 5.74) is 0.665. The van der Waals surface area contributed by atoms with E-state index in [4.69, 9.17) is 16.3 Å². The van der Waals surface area contributed by atoms with Crippen molar-refractivity contribution in [2.45, 2.75) is 26.3 Å². The highest BCUT2D eigenvalue weighted by Gasteiger charge is 2.38. The van der Waals surface area contributed by atoms with Gasteiger partial charge in [-0.3, -0.25) is 4.90 Å². The number of amides is 2. The van der Waals surface area contributed by atoms with Crippen LogP contribution in [0.3, 0.4) is 0 Å². The summed E-state index contributed by atoms with van der Waals surface area (Å²) in [6.07, 6.45) is 0.713. The fourth-order valence-corrected chi connectivity index (χ4v) is 2.92. The van der Waals surface area contributed by atoms with Crippen LogP contribution in [0.4, 0.5) is 9.18 Å². The van der Waals surface area contributed by atoms with Gasteiger partial charge >= 0.3 is 12.0 Å². The number of urea groups is 1. The second-order valence-electron chi connectivity index (χ2n) is 5.16. The molecule has 124 valence electrons. The molecule has 1 heterocycles. The van der Waals surface area contributed by atoms with Crippen LogP contribution in [-0.2, 0) is 9.53 Å². The Morgan fingerprint density at radius 1 is 1.48 bits per heavy atom. The highest BCUT2D eigenvalue weighted by molar-refractivity contribution is 6.31. The summed E-state index contributed by atoms with van der Waals surface area (Å²) in [5, 5.41) is 2.78. The number of carbonyl (C=O) groups is 2. The Balaban J connectivity index is 2.62. The topological polar surface area (TPSA) is 58.6 Å². The number of hydrogen-bond donors (Lipinski definition) is 1. The van der Waals surface area contributed by atoms with Crippen molar-refractivity contribution in [3.8, 4) is 0 Å². The lowest BCUT2D eigenvalue weighted by Gasteiger charge is -2.35. The van der Waals surface area contributed by atoms with E-state index in [-0.39, 0.29) is 16.2 Å². The van der Waals surface area contributed by atoms with E-state index >= 15 is 0 Å². The Hall–Kier alpha value is -2.08. The zero-order chi connectivity index (χ0) is 17.1. The molecular weight excluding hydrogens is 323 g/mol. The first-order chi connectivity index (χ1) is 10.9. The van der Waals surface area contributed by atoms with Gasteiger partial charge in [-0.1, -0.05) is 24.6 Å². The molecule has 1 aliphatic heterocycles. The number of esters is 1. The summed E-state index contributed by atoms with van der Waals surface area (Å²) in [5.74, 6) is -1.23. The summed E-state index contributed by atoms with van der Waals surface area (Å²) in [4.78, 5) is 26.0. The lowest BCUT2D eigenvalue weighted by Crippen LogP contribution is -2.48. The van der Waals surface area contributed by atoms with Crippen LogP contribution in [-0.4, -0.2) is 30.6 Å². The van der Waals surface area contributed by atoms with E-state index in [1.807, 2.05) is 6.92 Å². The van der Waals surface area contributed by atoms with Crippen LogP contribution in [0.5, 0.6) is 0 Å². The number of hydrogen-bond acceptors (Lipinski definition) is 3. The van der Waals surface area contributed by atoms with Gasteiger partial charge in [-0.2, -0.15) is 0 Å². The summed E-state index contributed by atoms with van der Waals surface area (Å²) in [7, 11) is 1.24. The first-order valence-electron chi connectivity index (χ1n) is 7.23. The van der Waals surface area contributed by atoms with Crippen molar-refractivity contribution in [2.24, 2.45) is 0 Å². The van der Waals surface area contributed by atoms with Gasteiger partial charge in [0.25, 0.3) is 0 Å². The van der Waals surface area contributed by atoms with E-state index in [9.17, 15) is 14.0 Å². The Morgan fingerprint density at radius 2 is 2.17 bits per heavy atom. The molecule has 0 aromatic heterocycles. The molecule has 0 spiro atoms. The van der Waals surface area contributed by atoms with E-state index < -0.39 is 23.9 Å². The van der Waals surface area contributed by atoms with Gasteiger partial charge in [0.2, 0.25) is 0 Å². The van der Waals surface area contributed by atoms with Crippen LogP contribution >= 0.6 is 11.6 Å². The molecule has 2 rings (SSSR count). The quantitative estimate of drug-likeness (QED) is 0.855. The third-order valence-corrected chi connectivity index (χ3v) is 4.07. The Kier molecular flexibility index (Phi) is 5.26. The molecule has 0 saturated carbocycles. The zero-order valence-corrected chi connectivity index (χ0v) is 13.9. The second kappa shape index (κ2) is 7.00. The predicted molar refractivity (Wildman–Crippen MR) is 84.4 cm³/mol. The van der Waals surface area contributed by atoms with E-state index in [2.05, 4.69) is 5.32 Å². The highest BCUT2D eigenvalue weighted by atomic mass is 35.5. The van der Waals surface area contributed by atoms with Crippen LogP contribution < -0.4 is 5.32 Å². The number of methoxy groups -OCH3 is 1. The first-order valence-corrected chi connectivity index (χ1v) is 7.61. The minimum Gasteiger partial charge on any atom is -0.466 e. The Bertz CT molecular complexity index is 655. The molecule has 0 radical (unpaired) electrons. The van der Waals surface area contributed by atoms with Crippen molar-refractivity contribution in [3.63, 3.8) is 0 Å². The normalized spacial score (nSPS) is 18.0. The van der Waals surface area contributed by atoms with Crippen molar-refractivity contribution >= 4 is 23.6 Å². The molecule has 0 unspecified atom stereocenters. The molecule has 0 saturated heterocycles. The number of rotatable bonds is 4. The average molecular weight is 341 g/mol. The molecule has 0 fully saturated rings. The number of carbonyl (C=O) groups excluding carboxylic acids is 2. The monoisotopic (exact) mass is 340 g/mol. The van der Waals surface area contributed by atoms with Gasteiger partial charge in [0.05, 0.1) is 18.7 Å². The third kappa shape index (κ3) is 3.17. The van der Waals surface area contributed by atoms with Gasteiger partial charge in [0, 0.05) is 22.8 Å². The van der Waals surface area contributed by atoms with E-state index in [1.54, 1.807) is 6.92 Å². The van der Waals surface area contributed by atoms with Crippen molar-refractivity contribution in [3.05, 3.63) is 45.9 Å². The number of allylic oxidation sites excluding steroid dienone is 1. The van der Waals surface area contributed by atoms with Crippen molar-refractivity contribution in [1.82, 2.24) is 10.2 Å². The van der Waals surface area contributed by atoms with Crippen LogP contribution in [0.15, 0.2) is 29.5 Å². The molecule has 0 aliphatic carbocycles. The fourth-order valence-electron chi connectivity index (χ4n) is 2.65. The van der Waals surface area contributed by atoms with Gasteiger partial charge in [0.1, 0.15) is 5.82 Å². The second-order valence-corrected chi connectivity index (χ2v) is 5.57. The number of benzene rings is 1. The molecule has 5 nitrogen and oxygen atoms in total. The smallest absolute Gasteiger partial charge is 0.337 e. The zero-order valence-electron chi connectivity index (χ0n) is 13.2. The van der Waals surface area contributed by atoms with Crippen LogP contribution in [0.2, 0.25) is 5.02 Å². The van der Waals surface area contributed by atoms with E-state index in [0.717, 1.165) is 0 Å². The molecule has 1 aromatic rings. The molecule has 7 heteroatoms. The minimum atomic E-state index is -0.989. The maximum atomic E-state index is 14.3. The van der Waals surface area contributed by atoms with E-state index in [0.29, 0.717) is 18.7 Å². The first kappa shape index (κ1) is 17.3. The maximum absolute atomic E-state index is 14.3. The molecule has 1 N–H and O–H groups in total. The highest BCUT2D eigenvalue weighted by Crippen LogP contribution is 2.36. The lowest BCUT2D eigenvalue weighted by molar-refractivity contribution is -0.136. The number of nitrogens with zero attached hydrogens (tertiary/aromatic N) is 1. The average Bonchev–Trinajstić information content (AvgIpc) is 2.50. The fraction of sp³-hybridized carbons (Fsp3) is 0.375. The standard InChI is InChI=1S/C16H18ClFN2O3/c1-4-8-20-9(2)12(15(21)23-3)14(19-16(20)22)13-10(17)6-5-7-11(13)18/h5-7,14H,4,8H2,1-3H3,(H,19,22)/t14-/m1/s1. The molecule has 23 heavy (non-hydrogen) atoms. The molecular formula is C16H18ClFN2O3. The molecule has 1 atom stereocenters. The molecule has 1 aliphatic rings. The van der Waals surface area contributed by atoms with Gasteiger partial charge in [-0.05, 0) is 25.5 Å². The number of halogens is 2. The summed E-state index contributed by atoms with van der Waals surface area (Å²) >= 11 is 6.09. The molecule has 2 amide bonds.